The van der Waals surface area contributed by atoms with E-state index >= 15 is 0 Å². The molecular weight excluding hydrogens is 404 g/mol. The van der Waals surface area contributed by atoms with Gasteiger partial charge in [0.15, 0.2) is 0 Å². The number of H-pyrrole nitrogens is 1. The molecule has 1 atom stereocenters. The van der Waals surface area contributed by atoms with Gasteiger partial charge >= 0.3 is 0 Å². The van der Waals surface area contributed by atoms with E-state index in [9.17, 15) is 4.79 Å². The molecule has 0 bridgehead atoms. The first kappa shape index (κ1) is 22.0. The van der Waals surface area contributed by atoms with Gasteiger partial charge in [-0.25, -0.2) is 4.98 Å². The zero-order chi connectivity index (χ0) is 22.3. The number of hydrogen-bond donors (Lipinski definition) is 2. The van der Waals surface area contributed by atoms with Gasteiger partial charge in [0, 0.05) is 31.7 Å². The zero-order valence-electron chi connectivity index (χ0n) is 18.4. The third-order valence-corrected chi connectivity index (χ3v) is 5.77. The van der Waals surface area contributed by atoms with Crippen LogP contribution in [0.25, 0.3) is 11.3 Å². The van der Waals surface area contributed by atoms with Gasteiger partial charge in [0.1, 0.15) is 29.6 Å². The van der Waals surface area contributed by atoms with E-state index in [1.165, 1.54) is 5.56 Å². The van der Waals surface area contributed by atoms with Crippen LogP contribution in [0.1, 0.15) is 40.6 Å². The van der Waals surface area contributed by atoms with Gasteiger partial charge in [-0.05, 0) is 37.1 Å². The number of benzene rings is 2. The van der Waals surface area contributed by atoms with Crippen LogP contribution < -0.4 is 10.5 Å². The van der Waals surface area contributed by atoms with E-state index < -0.39 is 5.91 Å². The molecule has 0 unspecified atom stereocenters. The van der Waals surface area contributed by atoms with Crippen molar-refractivity contribution in [2.45, 2.75) is 25.3 Å². The van der Waals surface area contributed by atoms with E-state index in [0.29, 0.717) is 24.6 Å². The van der Waals surface area contributed by atoms with Gasteiger partial charge in [-0.2, -0.15) is 0 Å². The van der Waals surface area contributed by atoms with Crippen LogP contribution in [-0.4, -0.2) is 54.2 Å². The maximum atomic E-state index is 12.0. The van der Waals surface area contributed by atoms with E-state index in [2.05, 4.69) is 22.0 Å². The van der Waals surface area contributed by atoms with Gasteiger partial charge in [0.25, 0.3) is 5.91 Å². The number of primary amides is 1. The minimum atomic E-state index is -0.486. The smallest absolute Gasteiger partial charge is 0.267 e. The molecule has 4 rings (SSSR count). The Labute approximate surface area is 188 Å². The first-order valence-electron chi connectivity index (χ1n) is 11.0. The van der Waals surface area contributed by atoms with Crippen molar-refractivity contribution in [1.29, 1.82) is 0 Å². The Kier molecular flexibility index (Phi) is 7.19. The summed E-state index contributed by atoms with van der Waals surface area (Å²) in [6.45, 7) is 3.84. The number of rotatable bonds is 9. The largest absolute Gasteiger partial charge is 0.491 e. The average molecular weight is 435 g/mol. The highest BCUT2D eigenvalue weighted by Crippen LogP contribution is 2.30. The Balaban J connectivity index is 1.47. The summed E-state index contributed by atoms with van der Waals surface area (Å²) in [4.78, 5) is 22.5. The summed E-state index contributed by atoms with van der Waals surface area (Å²) in [5.41, 5.74) is 8.75. The normalized spacial score (nSPS) is 16.7. The second-order valence-electron chi connectivity index (χ2n) is 8.14. The van der Waals surface area contributed by atoms with Crippen LogP contribution in [-0.2, 0) is 11.3 Å². The Bertz CT molecular complexity index is 1030. The highest BCUT2D eigenvalue weighted by Gasteiger charge is 2.26. The Morgan fingerprint density at radius 2 is 2.03 bits per heavy atom. The van der Waals surface area contributed by atoms with Crippen molar-refractivity contribution < 1.29 is 14.3 Å². The molecule has 168 valence electrons. The first-order valence-corrected chi connectivity index (χ1v) is 11.0. The lowest BCUT2D eigenvalue weighted by Crippen LogP contribution is -2.34. The summed E-state index contributed by atoms with van der Waals surface area (Å²) < 4.78 is 10.8. The molecule has 32 heavy (non-hydrogen) atoms. The van der Waals surface area contributed by atoms with Gasteiger partial charge in [-0.1, -0.05) is 42.5 Å². The summed E-state index contributed by atoms with van der Waals surface area (Å²) in [5.74, 6) is 1.43. The molecule has 1 amide bonds. The number of aromatic nitrogens is 2. The van der Waals surface area contributed by atoms with Crippen LogP contribution in [0.4, 0.5) is 0 Å². The summed E-state index contributed by atoms with van der Waals surface area (Å²) in [5, 5.41) is 0. The molecule has 2 aromatic carbocycles. The summed E-state index contributed by atoms with van der Waals surface area (Å²) in [6.07, 6.45) is 2.10. The molecule has 2 heterocycles. The summed E-state index contributed by atoms with van der Waals surface area (Å²) >= 11 is 0. The van der Waals surface area contributed by atoms with Crippen LogP contribution in [0.5, 0.6) is 5.75 Å². The van der Waals surface area contributed by atoms with E-state index in [-0.39, 0.29) is 5.92 Å². The maximum Gasteiger partial charge on any atom is 0.267 e. The molecule has 3 aromatic rings. The molecule has 1 fully saturated rings. The standard InChI is InChI=1S/C25H30N4O3/c1-31-13-14-32-21-11-5-7-18(15-21)16-29-12-6-10-20(17-29)25-27-22(23(28-25)24(26)30)19-8-3-2-4-9-19/h2-5,7-9,11,15,20H,6,10,12-14,16-17H2,1H3,(H2,26,30)(H,27,28)/t20-/m0/s1. The number of likely N-dealkylation sites (tertiary alicyclic amines) is 1. The molecule has 1 saturated heterocycles. The van der Waals surface area contributed by atoms with Crippen molar-refractivity contribution in [2.75, 3.05) is 33.4 Å². The topological polar surface area (TPSA) is 93.5 Å². The van der Waals surface area contributed by atoms with Crippen molar-refractivity contribution in [3.05, 3.63) is 71.7 Å². The fraction of sp³-hybridized carbons (Fsp3) is 0.360. The number of nitrogens with two attached hydrogens (primary N) is 1. The minimum Gasteiger partial charge on any atom is -0.491 e. The number of imidazole rings is 1. The minimum absolute atomic E-state index is 0.223. The van der Waals surface area contributed by atoms with E-state index in [4.69, 9.17) is 20.2 Å². The van der Waals surface area contributed by atoms with Gasteiger partial charge < -0.3 is 20.2 Å². The molecular formula is C25H30N4O3. The zero-order valence-corrected chi connectivity index (χ0v) is 18.4. The number of aromatic amines is 1. The highest BCUT2D eigenvalue weighted by atomic mass is 16.5. The van der Waals surface area contributed by atoms with Crippen LogP contribution in [0.3, 0.4) is 0 Å². The van der Waals surface area contributed by atoms with Crippen LogP contribution in [0.15, 0.2) is 54.6 Å². The predicted octanol–water partition coefficient (Wildman–Crippen LogP) is 3.58. The molecule has 1 aliphatic heterocycles. The lowest BCUT2D eigenvalue weighted by Gasteiger charge is -2.31. The third-order valence-electron chi connectivity index (χ3n) is 5.77. The molecule has 7 nitrogen and oxygen atoms in total. The second kappa shape index (κ2) is 10.4. The molecule has 3 N–H and O–H groups in total. The van der Waals surface area contributed by atoms with Gasteiger partial charge in [-0.15, -0.1) is 0 Å². The van der Waals surface area contributed by atoms with Gasteiger partial charge in [-0.3, -0.25) is 9.69 Å². The Morgan fingerprint density at radius 3 is 2.81 bits per heavy atom. The van der Waals surface area contributed by atoms with Crippen molar-refractivity contribution >= 4 is 5.91 Å². The van der Waals surface area contributed by atoms with Crippen LogP contribution in [0, 0.1) is 0 Å². The molecule has 1 aliphatic rings. The molecule has 0 radical (unpaired) electrons. The summed E-state index contributed by atoms with van der Waals surface area (Å²) in [6, 6.07) is 17.9. The maximum absolute atomic E-state index is 12.0. The van der Waals surface area contributed by atoms with Gasteiger partial charge in [0.05, 0.1) is 6.61 Å². The average Bonchev–Trinajstić information content (AvgIpc) is 3.27. The number of hydrogen-bond acceptors (Lipinski definition) is 5. The SMILES string of the molecule is COCCOc1cccc(CN2CCC[C@H](c3nc(-c4ccccc4)c(C(N)=O)[nH]3)C2)c1. The molecule has 7 heteroatoms. The lowest BCUT2D eigenvalue weighted by molar-refractivity contribution is 0.0996. The van der Waals surface area contributed by atoms with Crippen molar-refractivity contribution in [3.63, 3.8) is 0 Å². The van der Waals surface area contributed by atoms with Crippen molar-refractivity contribution in [2.24, 2.45) is 5.73 Å². The predicted molar refractivity (Wildman–Crippen MR) is 124 cm³/mol. The number of nitrogens with one attached hydrogen (secondary N) is 1. The van der Waals surface area contributed by atoms with E-state index in [0.717, 1.165) is 49.6 Å². The molecule has 0 saturated carbocycles. The number of carbonyl (C=O) groups excluding carboxylic acids is 1. The van der Waals surface area contributed by atoms with Gasteiger partial charge in [0.2, 0.25) is 0 Å². The number of methoxy groups -OCH3 is 1. The number of ether oxygens (including phenoxy) is 2. The lowest BCUT2D eigenvalue weighted by atomic mass is 9.97. The van der Waals surface area contributed by atoms with Crippen LogP contribution >= 0.6 is 0 Å². The third kappa shape index (κ3) is 5.36. The van der Waals surface area contributed by atoms with Crippen molar-refractivity contribution in [1.82, 2.24) is 14.9 Å². The Morgan fingerprint density at radius 1 is 1.19 bits per heavy atom. The molecule has 1 aromatic heterocycles. The fourth-order valence-electron chi connectivity index (χ4n) is 4.23. The number of piperidine rings is 1. The quantitative estimate of drug-likeness (QED) is 0.502. The van der Waals surface area contributed by atoms with Crippen LogP contribution in [0.2, 0.25) is 0 Å². The molecule has 0 spiro atoms. The summed E-state index contributed by atoms with van der Waals surface area (Å²) in [7, 11) is 1.67. The Hall–Kier alpha value is -3.16. The molecule has 0 aliphatic carbocycles. The highest BCUT2D eigenvalue weighted by molar-refractivity contribution is 5.97. The first-order chi connectivity index (χ1) is 15.6. The van der Waals surface area contributed by atoms with Crippen molar-refractivity contribution in [3.8, 4) is 17.0 Å². The fourth-order valence-corrected chi connectivity index (χ4v) is 4.23. The number of carbonyl (C=O) groups is 1. The number of nitrogens with zero attached hydrogens (tertiary/aromatic N) is 2. The van der Waals surface area contributed by atoms with E-state index in [1.54, 1.807) is 7.11 Å². The monoisotopic (exact) mass is 434 g/mol. The second-order valence-corrected chi connectivity index (χ2v) is 8.14. The number of amides is 1. The van der Waals surface area contributed by atoms with E-state index in [1.807, 2.05) is 42.5 Å².